The standard InChI is InChI=1S/C61H95N13O14/c1-37-9-3-4-14-45(37)61(46-27-38-10-5-16-70-18-7-12-43(50(38)70)57(46)88-58-44-13-8-19-71-17-6-11-39(51(44)71)28-47(58)61)68-15-21-84-23-25-86-26-24-85-22-20-72(65)32-40(62)29-69(30-41(63)33-73(66)59(82)55(80)52(77)48(35-75)83-2)31-42(64)34-74(67)60-56(81)54(79)53(78)49(36-76)87-60/h3-4,9,14,27-28,32-34,48-49,52-56,59-60,68,75-82H,5-8,10-13,15-26,29-31,35-36,62-67H2,1-2H3/b40-32-,41-33-,42-34-. The van der Waals surface area contributed by atoms with Crippen molar-refractivity contribution in [3.8, 4) is 11.5 Å². The molecule has 9 atom stereocenters. The zero-order valence-electron chi connectivity index (χ0n) is 50.7. The molecule has 1 fully saturated rings. The Morgan fingerprint density at radius 1 is 0.693 bits per heavy atom. The number of hydrogen-bond donors (Lipinski definition) is 15. The van der Waals surface area contributed by atoms with Crippen molar-refractivity contribution in [3.63, 3.8) is 0 Å². The molecule has 488 valence electrons. The van der Waals surface area contributed by atoms with Crippen LogP contribution in [0.15, 0.2) is 72.1 Å². The maximum atomic E-state index is 10.7. The van der Waals surface area contributed by atoms with Crippen molar-refractivity contribution >= 4 is 11.4 Å². The van der Waals surface area contributed by atoms with Gasteiger partial charge in [-0.25, -0.2) is 17.5 Å². The number of aryl methyl sites for hydroxylation is 3. The Kier molecular flexibility index (Phi) is 23.1. The molecule has 21 N–H and O–H groups in total. The topological polar surface area (TPSA) is 405 Å². The Hall–Kier alpha value is -5.64. The van der Waals surface area contributed by atoms with Gasteiger partial charge in [0.05, 0.1) is 59.4 Å². The van der Waals surface area contributed by atoms with Gasteiger partial charge >= 0.3 is 0 Å². The van der Waals surface area contributed by atoms with E-state index in [-0.39, 0.29) is 49.9 Å². The van der Waals surface area contributed by atoms with Crippen LogP contribution in [0.5, 0.6) is 11.5 Å². The number of aliphatic hydroxyl groups excluding tert-OH is 8. The summed E-state index contributed by atoms with van der Waals surface area (Å²) >= 11 is 0. The summed E-state index contributed by atoms with van der Waals surface area (Å²) < 4.78 is 36.0. The Balaban J connectivity index is 0.780. The van der Waals surface area contributed by atoms with Crippen molar-refractivity contribution in [3.05, 3.63) is 117 Å². The predicted octanol–water partition coefficient (Wildman–Crippen LogP) is -2.49. The van der Waals surface area contributed by atoms with E-state index in [4.69, 9.17) is 63.2 Å². The fraction of sp³-hybridized carbons (Fsp3) is 0.607. The van der Waals surface area contributed by atoms with Gasteiger partial charge in [0.25, 0.3) is 0 Å². The second kappa shape index (κ2) is 30.4. The predicted molar refractivity (Wildman–Crippen MR) is 328 cm³/mol. The summed E-state index contributed by atoms with van der Waals surface area (Å²) in [6, 6.07) is 13.8. The Morgan fingerprint density at radius 3 is 1.78 bits per heavy atom. The first-order valence-corrected chi connectivity index (χ1v) is 30.7. The van der Waals surface area contributed by atoms with Crippen LogP contribution in [0, 0.1) is 6.92 Å². The zero-order valence-corrected chi connectivity index (χ0v) is 50.7. The highest BCUT2D eigenvalue weighted by atomic mass is 16.6. The SMILES string of the molecule is COC(CO)C(O)C(O)C(O)N(N)/C=C(\N)CN(C/C(N)=C/N(N)CCOCCOCCOCCNC1(c2ccccc2C)c2cc3c4c(c2Oc2c1cc1c5c2CCCN5CCC1)CCCN4CCC3)C/C(N)=C/N(N)C1OC(CO)C(O)C(O)C1O. The molecule has 6 heterocycles. The number of hydrazine groups is 3. The molecule has 0 amide bonds. The average Bonchev–Trinajstić information content (AvgIpc) is 0.705. The van der Waals surface area contributed by atoms with Gasteiger partial charge in [0, 0.05) is 129 Å². The second-order valence-electron chi connectivity index (χ2n) is 23.8. The molecule has 3 aromatic rings. The molecule has 0 radical (unpaired) electrons. The number of methoxy groups -OCH3 is 1. The average molecular weight is 1230 g/mol. The van der Waals surface area contributed by atoms with Crippen LogP contribution in [-0.2, 0) is 54.9 Å². The Labute approximate surface area is 514 Å². The first-order chi connectivity index (χ1) is 42.4. The monoisotopic (exact) mass is 1230 g/mol. The van der Waals surface area contributed by atoms with Gasteiger partial charge in [-0.3, -0.25) is 20.2 Å². The van der Waals surface area contributed by atoms with Gasteiger partial charge in [0.1, 0.15) is 59.8 Å². The van der Waals surface area contributed by atoms with Gasteiger partial charge in [-0.1, -0.05) is 24.3 Å². The maximum Gasteiger partial charge on any atom is 0.172 e. The smallest absolute Gasteiger partial charge is 0.172 e. The van der Waals surface area contributed by atoms with E-state index in [0.717, 1.165) is 100 Å². The minimum atomic E-state index is -1.90. The number of aliphatic hydroxyl groups is 8. The molecule has 3 aromatic carbocycles. The van der Waals surface area contributed by atoms with Crippen LogP contribution in [0.2, 0.25) is 0 Å². The van der Waals surface area contributed by atoms with Crippen molar-refractivity contribution in [1.82, 2.24) is 25.2 Å². The van der Waals surface area contributed by atoms with E-state index in [9.17, 15) is 40.9 Å². The third-order valence-electron chi connectivity index (χ3n) is 17.5. The molecular formula is C61H95N13O14. The number of fused-ring (bicyclic) bond motifs is 4. The van der Waals surface area contributed by atoms with Crippen LogP contribution < -0.4 is 54.6 Å². The largest absolute Gasteiger partial charge is 0.456 e. The van der Waals surface area contributed by atoms with Gasteiger partial charge in [0.15, 0.2) is 12.5 Å². The summed E-state index contributed by atoms with van der Waals surface area (Å²) in [6.07, 6.45) is -2.01. The molecule has 0 aromatic heterocycles. The van der Waals surface area contributed by atoms with E-state index >= 15 is 0 Å². The third-order valence-corrected chi connectivity index (χ3v) is 17.5. The summed E-state index contributed by atoms with van der Waals surface area (Å²) in [5.74, 6) is 20.6. The lowest BCUT2D eigenvalue weighted by Crippen LogP contribution is -2.63. The summed E-state index contributed by atoms with van der Waals surface area (Å²) in [4.78, 5) is 6.82. The van der Waals surface area contributed by atoms with E-state index in [1.54, 1.807) is 4.90 Å². The highest BCUT2D eigenvalue weighted by molar-refractivity contribution is 5.79. The number of nitrogens with one attached hydrogen (secondary N) is 1. The molecule has 0 saturated carbocycles. The highest BCUT2D eigenvalue weighted by Gasteiger charge is 2.50. The van der Waals surface area contributed by atoms with Crippen LogP contribution in [0.25, 0.3) is 0 Å². The first-order valence-electron chi connectivity index (χ1n) is 30.7. The number of rotatable bonds is 31. The van der Waals surface area contributed by atoms with E-state index in [0.29, 0.717) is 44.6 Å². The van der Waals surface area contributed by atoms with Crippen molar-refractivity contribution in [2.45, 2.75) is 119 Å². The van der Waals surface area contributed by atoms with Crippen molar-refractivity contribution < 1.29 is 69.3 Å². The van der Waals surface area contributed by atoms with Crippen LogP contribution in [0.3, 0.4) is 0 Å². The third kappa shape index (κ3) is 14.7. The Morgan fingerprint density at radius 2 is 1.23 bits per heavy atom. The Bertz CT molecular complexity index is 2820. The number of nitrogens with zero attached hydrogens (tertiary/aromatic N) is 6. The number of nitrogens with two attached hydrogens (primary N) is 6. The second-order valence-corrected chi connectivity index (χ2v) is 23.8. The molecule has 9 rings (SSSR count). The van der Waals surface area contributed by atoms with E-state index in [1.807, 2.05) is 0 Å². The van der Waals surface area contributed by atoms with Crippen molar-refractivity contribution in [2.24, 2.45) is 34.7 Å². The van der Waals surface area contributed by atoms with E-state index < -0.39 is 73.9 Å². The molecule has 6 aliphatic rings. The number of benzene rings is 3. The molecule has 27 nitrogen and oxygen atoms in total. The molecular weight excluding hydrogens is 1140 g/mol. The van der Waals surface area contributed by atoms with E-state index in [2.05, 4.69) is 58.4 Å². The highest BCUT2D eigenvalue weighted by Crippen LogP contribution is 2.59. The van der Waals surface area contributed by atoms with Crippen molar-refractivity contribution in [1.29, 1.82) is 0 Å². The summed E-state index contributed by atoms with van der Waals surface area (Å²) in [6.45, 7) is 7.86. The van der Waals surface area contributed by atoms with E-state index in [1.165, 1.54) is 80.4 Å². The molecule has 0 bridgehead atoms. The molecule has 88 heavy (non-hydrogen) atoms. The van der Waals surface area contributed by atoms with Gasteiger partial charge in [-0.05, 0) is 92.7 Å². The minimum absolute atomic E-state index is 0.0169. The van der Waals surface area contributed by atoms with Gasteiger partial charge in [-0.15, -0.1) is 0 Å². The normalized spacial score (nSPS) is 22.9. The molecule has 27 heteroatoms. The molecule has 0 aliphatic carbocycles. The maximum absolute atomic E-state index is 10.7. The van der Waals surface area contributed by atoms with Crippen LogP contribution in [0.1, 0.15) is 70.2 Å². The quantitative estimate of drug-likeness (QED) is 0.0137. The number of hydrogen-bond acceptors (Lipinski definition) is 27. The number of anilines is 2. The number of ether oxygens (including phenoxy) is 6. The lowest BCUT2D eigenvalue weighted by molar-refractivity contribution is -0.259. The molecule has 6 aliphatic heterocycles. The molecule has 1 saturated heterocycles. The fourth-order valence-electron chi connectivity index (χ4n) is 13.4. The molecule has 9 unspecified atom stereocenters. The zero-order chi connectivity index (χ0) is 62.8. The van der Waals surface area contributed by atoms with Gasteiger partial charge in [-0.2, -0.15) is 0 Å². The summed E-state index contributed by atoms with van der Waals surface area (Å²) in [7, 11) is 1.21. The van der Waals surface area contributed by atoms with Gasteiger partial charge < -0.3 is 101 Å². The lowest BCUT2D eigenvalue weighted by atomic mass is 9.69. The first kappa shape index (κ1) is 66.8. The lowest BCUT2D eigenvalue weighted by Gasteiger charge is -2.48. The molecule has 0 spiro atoms. The van der Waals surface area contributed by atoms with Crippen LogP contribution in [0.4, 0.5) is 11.4 Å². The van der Waals surface area contributed by atoms with Crippen molar-refractivity contribution in [2.75, 3.05) is 129 Å². The van der Waals surface area contributed by atoms with Gasteiger partial charge in [0.2, 0.25) is 0 Å². The van der Waals surface area contributed by atoms with Crippen LogP contribution >= 0.6 is 0 Å². The van der Waals surface area contributed by atoms with Crippen LogP contribution in [-0.4, -0.2) is 235 Å². The minimum Gasteiger partial charge on any atom is -0.456 e. The fourth-order valence-corrected chi connectivity index (χ4v) is 13.4. The summed E-state index contributed by atoms with van der Waals surface area (Å²) in [5, 5.41) is 89.0. The summed E-state index contributed by atoms with van der Waals surface area (Å²) in [5.41, 5.74) is 32.1.